The normalized spacial score (nSPS) is 10.3. The number of benzene rings is 7. The lowest BCUT2D eigenvalue weighted by atomic mass is 9.99. The summed E-state index contributed by atoms with van der Waals surface area (Å²) < 4.78 is 317. The molecule has 1 saturated carbocycles. The predicted molar refractivity (Wildman–Crippen MR) is 352 cm³/mol. The Balaban J connectivity index is 0.000000217. The van der Waals surface area contributed by atoms with Gasteiger partial charge in [0.05, 0.1) is 65.1 Å². The molecule has 11 rings (SSSR count). The zero-order chi connectivity index (χ0) is 92.7. The Hall–Kier alpha value is -20.2. The molecule has 0 aliphatic heterocycles. The van der Waals surface area contributed by atoms with Crippen LogP contribution in [0.2, 0.25) is 0 Å². The highest BCUT2D eigenvalue weighted by molar-refractivity contribution is 6.18. The molecule has 1 aliphatic rings. The first-order chi connectivity index (χ1) is 58.9. The third-order valence-corrected chi connectivity index (χ3v) is 16.2. The summed E-state index contributed by atoms with van der Waals surface area (Å²) in [5.74, 6) is -51.0. The van der Waals surface area contributed by atoms with Gasteiger partial charge in [-0.1, -0.05) is 0 Å². The third-order valence-electron chi connectivity index (χ3n) is 16.2. The first-order valence-corrected chi connectivity index (χ1v) is 30.6. The van der Waals surface area contributed by atoms with Gasteiger partial charge in [-0.25, -0.2) is 126 Å². The second-order valence-corrected chi connectivity index (χ2v) is 22.2. The SMILES string of the molecule is N#CC(=C1C(=C(C#N)c2c(F)c(F)c(C#N)c(F)c2F)C1=C(C#N)c1c(F)c(F)c(C#N)c(F)c1F)c1c(F)c(F)c(C#N)c(F)c1F.N#CC(C#N)=c1c(F)c(F)c(=C(C#N)C#N)c(F)c1F.N#CC(C#N)=c1c(F)c(F)c2c(F)c(=C(C#N)C#N)c(F)c(F)c2c1F.N#Cc1nc2c3nc(C#N)c(C#N)nc3c3nc(C#N)c(C#N)nc3c2nc1C#N. The monoisotopic (exact) mass is 1690 g/mol. The van der Waals surface area contributed by atoms with Gasteiger partial charge in [0.25, 0.3) is 0 Å². The van der Waals surface area contributed by atoms with E-state index in [1.165, 1.54) is 0 Å². The molecule has 1 aliphatic carbocycles. The van der Waals surface area contributed by atoms with Crippen LogP contribution in [0.3, 0.4) is 0 Å². The van der Waals surface area contributed by atoms with Crippen LogP contribution in [0.15, 0.2) is 16.7 Å². The van der Waals surface area contributed by atoms with Crippen LogP contribution in [0.4, 0.5) is 96.6 Å². The molecule has 26 nitrogen and oxygen atoms in total. The molecular formula is C76F22N26. The van der Waals surface area contributed by atoms with Crippen LogP contribution >= 0.6 is 0 Å². The van der Waals surface area contributed by atoms with Crippen LogP contribution in [0, 0.1) is 355 Å². The Kier molecular flexibility index (Phi) is 25.4. The first-order valence-electron chi connectivity index (χ1n) is 30.6. The van der Waals surface area contributed by atoms with E-state index in [0.29, 0.717) is 0 Å². The van der Waals surface area contributed by atoms with Crippen LogP contribution in [-0.2, 0) is 0 Å². The minimum Gasteiger partial charge on any atom is -0.230 e. The van der Waals surface area contributed by atoms with Crippen molar-refractivity contribution in [3.63, 3.8) is 0 Å². The zero-order valence-corrected chi connectivity index (χ0v) is 57.9. The number of allylic oxidation sites excluding steroid dienone is 6. The lowest BCUT2D eigenvalue weighted by Crippen LogP contribution is -2.31. The largest absolute Gasteiger partial charge is 0.230 e. The fourth-order valence-corrected chi connectivity index (χ4v) is 10.8. The Morgan fingerprint density at radius 2 is 0.323 bits per heavy atom. The lowest BCUT2D eigenvalue weighted by Gasteiger charge is -2.09. The van der Waals surface area contributed by atoms with Crippen molar-refractivity contribution < 1.29 is 96.6 Å². The number of nitrogens with zero attached hydrogens (tertiary/aromatic N) is 26. The molecule has 0 spiro atoms. The summed E-state index contributed by atoms with van der Waals surface area (Å²) >= 11 is 0. The lowest BCUT2D eigenvalue weighted by molar-refractivity contribution is 0.434. The summed E-state index contributed by atoms with van der Waals surface area (Å²) in [7, 11) is 0. The van der Waals surface area contributed by atoms with E-state index in [2.05, 4.69) is 29.9 Å². The molecule has 0 unspecified atom stereocenters. The van der Waals surface area contributed by atoms with Gasteiger partial charge in [0.1, 0.15) is 205 Å². The molecule has 588 valence electrons. The van der Waals surface area contributed by atoms with E-state index < -0.39 is 249 Å². The van der Waals surface area contributed by atoms with Gasteiger partial charge in [-0.3, -0.25) is 0 Å². The predicted octanol–water partition coefficient (Wildman–Crippen LogP) is 10.7. The van der Waals surface area contributed by atoms with Crippen molar-refractivity contribution in [3.05, 3.63) is 233 Å². The van der Waals surface area contributed by atoms with Crippen molar-refractivity contribution in [2.75, 3.05) is 0 Å². The molecule has 0 atom stereocenters. The number of fused-ring (bicyclic) bond motifs is 7. The average molecular weight is 1690 g/mol. The van der Waals surface area contributed by atoms with Gasteiger partial charge in [0.2, 0.25) is 0 Å². The third kappa shape index (κ3) is 14.2. The second-order valence-electron chi connectivity index (χ2n) is 22.2. The topological polar surface area (TPSA) is 553 Å². The number of hydrogen-bond donors (Lipinski definition) is 0. The molecular weight excluding hydrogens is 1690 g/mol. The van der Waals surface area contributed by atoms with Gasteiger partial charge >= 0.3 is 0 Å². The summed E-state index contributed by atoms with van der Waals surface area (Å²) in [6, 6.07) is 24.2. The molecule has 0 saturated heterocycles. The van der Waals surface area contributed by atoms with Gasteiger partial charge < -0.3 is 0 Å². The molecule has 7 aromatic carbocycles. The molecule has 10 aromatic rings. The van der Waals surface area contributed by atoms with Crippen LogP contribution in [0.1, 0.15) is 67.5 Å². The summed E-state index contributed by atoms with van der Waals surface area (Å²) in [5, 5.41) is 171. The molecule has 0 radical (unpaired) electrons. The van der Waals surface area contributed by atoms with Crippen molar-refractivity contribution in [2.24, 2.45) is 0 Å². The summed E-state index contributed by atoms with van der Waals surface area (Å²) in [6.45, 7) is 0. The number of nitriles is 20. The zero-order valence-electron chi connectivity index (χ0n) is 57.9. The van der Waals surface area contributed by atoms with Gasteiger partial charge in [-0.15, -0.1) is 0 Å². The fraction of sp³-hybridized carbons (Fsp3) is 0. The van der Waals surface area contributed by atoms with Crippen molar-refractivity contribution in [1.29, 1.82) is 105 Å². The second kappa shape index (κ2) is 35.3. The van der Waals surface area contributed by atoms with Crippen molar-refractivity contribution in [3.8, 4) is 121 Å². The van der Waals surface area contributed by atoms with Crippen LogP contribution in [-0.4, -0.2) is 29.9 Å². The molecule has 0 bridgehead atoms. The molecule has 3 heterocycles. The highest BCUT2D eigenvalue weighted by Crippen LogP contribution is 2.57. The molecule has 48 heteroatoms. The minimum atomic E-state index is -2.53. The fourth-order valence-electron chi connectivity index (χ4n) is 10.8. The first kappa shape index (κ1) is 89.3. The van der Waals surface area contributed by atoms with E-state index in [-0.39, 0.29) is 67.3 Å². The molecule has 0 amide bonds. The summed E-state index contributed by atoms with van der Waals surface area (Å²) in [5.41, 5.74) is -28.3. The van der Waals surface area contributed by atoms with E-state index in [1.54, 1.807) is 36.4 Å². The Morgan fingerprint density at radius 3 is 0.460 bits per heavy atom. The van der Waals surface area contributed by atoms with Crippen LogP contribution < -0.4 is 20.9 Å². The van der Waals surface area contributed by atoms with Crippen LogP contribution in [0.5, 0.6) is 0 Å². The van der Waals surface area contributed by atoms with E-state index in [9.17, 15) is 118 Å². The molecule has 0 N–H and O–H groups in total. The molecule has 1 fully saturated rings. The number of hydrogen-bond acceptors (Lipinski definition) is 26. The van der Waals surface area contributed by atoms with Crippen molar-refractivity contribution >= 4 is 82.9 Å². The maximum atomic E-state index is 15.0. The maximum Gasteiger partial charge on any atom is 0.180 e. The van der Waals surface area contributed by atoms with E-state index >= 15 is 26.3 Å². The van der Waals surface area contributed by atoms with Gasteiger partial charge in [0, 0.05) is 16.7 Å². The average Bonchev–Trinajstić information content (AvgIpc) is 1.51. The number of halogens is 22. The van der Waals surface area contributed by atoms with Gasteiger partial charge in [0.15, 0.2) is 151 Å². The highest BCUT2D eigenvalue weighted by Gasteiger charge is 2.47. The Labute approximate surface area is 666 Å². The summed E-state index contributed by atoms with van der Waals surface area (Å²) in [4.78, 5) is 24.7. The van der Waals surface area contributed by atoms with Crippen molar-refractivity contribution in [1.82, 2.24) is 29.9 Å². The van der Waals surface area contributed by atoms with E-state index in [1.807, 2.05) is 0 Å². The van der Waals surface area contributed by atoms with Gasteiger partial charge in [-0.2, -0.15) is 105 Å². The maximum absolute atomic E-state index is 15.0. The summed E-state index contributed by atoms with van der Waals surface area (Å²) in [6.07, 6.45) is 0. The smallest absolute Gasteiger partial charge is 0.180 e. The minimum absolute atomic E-state index is 0.0237. The standard InChI is InChI=1S/C30F12N6.C18N12.C16F6N4.C12F4N4/c31-19-10(4-46)20(32)26(38)16(25(19)37)7(1-43)13-14(8(2-44)17-27(39)21(33)11(5-47)22(34)28(17)40)15(13)9(3-45)18-29(41)23(35)12(6-48)24(36)30(18)42;19-1-7-8(2-20)26-14-13(25-7)15-17(29-10(4-22)9(3-21)27-15)18-16(14)28-11(5-23)12(6-24)30-18;17-11-7(5(1-23)2-24)13(19)15(21)10-9(11)16(22)14(20)8(12(10)18)6(3-25)4-26;13-9-7(5(1-17)2-18)10(14)12(16)8(11(9)15)6(3-19)4-20. The number of aromatic nitrogens is 6. The Bertz CT molecular complexity index is 7170. The Morgan fingerprint density at radius 1 is 0.169 bits per heavy atom. The van der Waals surface area contributed by atoms with Gasteiger partial charge in [-0.05, 0) is 0 Å². The molecule has 124 heavy (non-hydrogen) atoms. The van der Waals surface area contributed by atoms with Crippen molar-refractivity contribution in [2.45, 2.75) is 0 Å². The highest BCUT2D eigenvalue weighted by atomic mass is 19.2. The number of rotatable bonds is 3. The quantitative estimate of drug-likeness (QED) is 0.0686. The van der Waals surface area contributed by atoms with E-state index in [4.69, 9.17) is 57.9 Å². The van der Waals surface area contributed by atoms with Crippen LogP contribution in [0.25, 0.3) is 82.9 Å². The molecule has 3 aromatic heterocycles. The van der Waals surface area contributed by atoms with E-state index in [0.717, 1.165) is 85.0 Å².